The van der Waals surface area contributed by atoms with Gasteiger partial charge in [-0.3, -0.25) is 0 Å². The summed E-state index contributed by atoms with van der Waals surface area (Å²) >= 11 is 0. The first kappa shape index (κ1) is 11.0. The van der Waals surface area contributed by atoms with E-state index in [0.29, 0.717) is 0 Å². The summed E-state index contributed by atoms with van der Waals surface area (Å²) in [5, 5.41) is 7.46. The quantitative estimate of drug-likeness (QED) is 0.795. The minimum absolute atomic E-state index is 0.267. The Balaban J connectivity index is 1.67. The highest BCUT2D eigenvalue weighted by Crippen LogP contribution is 2.23. The molecule has 3 heterocycles. The van der Waals surface area contributed by atoms with E-state index in [4.69, 9.17) is 4.52 Å². The van der Waals surface area contributed by atoms with Crippen molar-refractivity contribution in [1.82, 2.24) is 20.4 Å². The van der Waals surface area contributed by atoms with E-state index in [2.05, 4.69) is 32.3 Å². The van der Waals surface area contributed by atoms with Crippen molar-refractivity contribution in [2.75, 3.05) is 44.7 Å². The van der Waals surface area contributed by atoms with Crippen molar-refractivity contribution in [3.8, 4) is 0 Å². The molecule has 0 bridgehead atoms. The summed E-state index contributed by atoms with van der Waals surface area (Å²) in [7, 11) is 2.14. The molecule has 2 aliphatic rings. The summed E-state index contributed by atoms with van der Waals surface area (Å²) < 4.78 is 5.35. The molecule has 17 heavy (non-hydrogen) atoms. The second-order valence-corrected chi connectivity index (χ2v) is 4.87. The zero-order chi connectivity index (χ0) is 11.7. The van der Waals surface area contributed by atoms with Gasteiger partial charge in [0.15, 0.2) is 0 Å². The number of likely N-dealkylation sites (N-methyl/N-ethyl adjacent to an activating group) is 1. The Labute approximate surface area is 101 Å². The van der Waals surface area contributed by atoms with Gasteiger partial charge < -0.3 is 19.6 Å². The highest BCUT2D eigenvalue weighted by molar-refractivity contribution is 5.29. The van der Waals surface area contributed by atoms with Crippen LogP contribution in [0.4, 0.5) is 5.95 Å². The number of anilines is 1. The zero-order valence-corrected chi connectivity index (χ0v) is 10.2. The molecule has 3 rings (SSSR count). The molecule has 2 saturated heterocycles. The van der Waals surface area contributed by atoms with Crippen molar-refractivity contribution in [3.05, 3.63) is 5.89 Å². The van der Waals surface area contributed by atoms with Crippen molar-refractivity contribution in [3.63, 3.8) is 0 Å². The van der Waals surface area contributed by atoms with Gasteiger partial charge in [0.05, 0.1) is 6.04 Å². The molecule has 6 nitrogen and oxygen atoms in total. The minimum Gasteiger partial charge on any atom is -0.336 e. The van der Waals surface area contributed by atoms with Crippen LogP contribution >= 0.6 is 0 Å². The largest absolute Gasteiger partial charge is 0.336 e. The molecule has 0 unspecified atom stereocenters. The third-order valence-electron chi connectivity index (χ3n) is 3.58. The van der Waals surface area contributed by atoms with Crippen LogP contribution in [0.25, 0.3) is 0 Å². The number of aromatic nitrogens is 2. The Bertz CT molecular complexity index is 366. The Morgan fingerprint density at radius 2 is 2.12 bits per heavy atom. The Morgan fingerprint density at radius 3 is 2.82 bits per heavy atom. The first-order valence-electron chi connectivity index (χ1n) is 6.33. The molecule has 0 saturated carbocycles. The molecule has 2 fully saturated rings. The Morgan fingerprint density at radius 1 is 1.29 bits per heavy atom. The highest BCUT2D eigenvalue weighted by atomic mass is 16.5. The van der Waals surface area contributed by atoms with Crippen molar-refractivity contribution < 1.29 is 4.52 Å². The second-order valence-electron chi connectivity index (χ2n) is 4.87. The fourth-order valence-corrected chi connectivity index (χ4v) is 2.40. The van der Waals surface area contributed by atoms with Crippen LogP contribution in [-0.2, 0) is 0 Å². The maximum absolute atomic E-state index is 5.35. The second kappa shape index (κ2) is 4.62. The number of nitrogens with one attached hydrogen (secondary N) is 1. The lowest BCUT2D eigenvalue weighted by Gasteiger charge is -2.31. The van der Waals surface area contributed by atoms with E-state index in [1.807, 2.05) is 0 Å². The molecule has 0 radical (unpaired) electrons. The predicted octanol–water partition coefficient (Wildman–Crippen LogP) is 0.246. The summed E-state index contributed by atoms with van der Waals surface area (Å²) in [5.41, 5.74) is 0. The Hall–Kier alpha value is -1.14. The maximum atomic E-state index is 5.35. The molecule has 1 atom stereocenters. The zero-order valence-electron chi connectivity index (χ0n) is 10.2. The topological polar surface area (TPSA) is 57.4 Å². The fraction of sp³-hybridized carbons (Fsp3) is 0.818. The van der Waals surface area contributed by atoms with Gasteiger partial charge >= 0.3 is 0 Å². The van der Waals surface area contributed by atoms with Gasteiger partial charge in [-0.1, -0.05) is 0 Å². The number of hydrogen-bond acceptors (Lipinski definition) is 6. The van der Waals surface area contributed by atoms with Crippen molar-refractivity contribution in [1.29, 1.82) is 0 Å². The molecular weight excluding hydrogens is 218 g/mol. The van der Waals surface area contributed by atoms with E-state index in [1.165, 1.54) is 6.42 Å². The molecule has 0 aromatic carbocycles. The van der Waals surface area contributed by atoms with Crippen LogP contribution in [0.3, 0.4) is 0 Å². The molecule has 6 heteroatoms. The SMILES string of the molecule is CN1CCN(c2noc([C@H]3CCCN3)n2)CC1. The molecule has 1 N–H and O–H groups in total. The van der Waals surface area contributed by atoms with Gasteiger partial charge in [-0.05, 0) is 31.6 Å². The molecule has 0 spiro atoms. The van der Waals surface area contributed by atoms with Gasteiger partial charge in [0.25, 0.3) is 5.95 Å². The van der Waals surface area contributed by atoms with E-state index in [9.17, 15) is 0 Å². The third-order valence-corrected chi connectivity index (χ3v) is 3.58. The van der Waals surface area contributed by atoms with Crippen molar-refractivity contribution in [2.45, 2.75) is 18.9 Å². The highest BCUT2D eigenvalue weighted by Gasteiger charge is 2.25. The van der Waals surface area contributed by atoms with Gasteiger partial charge in [-0.25, -0.2) is 0 Å². The Kier molecular flexibility index (Phi) is 2.98. The number of hydrogen-bond donors (Lipinski definition) is 1. The summed E-state index contributed by atoms with van der Waals surface area (Å²) in [6.45, 7) is 5.13. The lowest BCUT2D eigenvalue weighted by atomic mass is 10.2. The standard InChI is InChI=1S/C11H19N5O/c1-15-5-7-16(8-6-15)11-13-10(17-14-11)9-3-2-4-12-9/h9,12H,2-8H2,1H3/t9-/m1/s1. The molecule has 0 aliphatic carbocycles. The predicted molar refractivity (Wildman–Crippen MR) is 64.0 cm³/mol. The third kappa shape index (κ3) is 2.28. The minimum atomic E-state index is 0.267. The first-order valence-corrected chi connectivity index (χ1v) is 6.33. The van der Waals surface area contributed by atoms with Crippen LogP contribution in [0, 0.1) is 0 Å². The first-order chi connectivity index (χ1) is 8.33. The lowest BCUT2D eigenvalue weighted by molar-refractivity contribution is 0.307. The van der Waals surface area contributed by atoms with E-state index >= 15 is 0 Å². The fourth-order valence-electron chi connectivity index (χ4n) is 2.40. The van der Waals surface area contributed by atoms with Crippen LogP contribution in [0.1, 0.15) is 24.8 Å². The molecule has 0 amide bonds. The van der Waals surface area contributed by atoms with Crippen LogP contribution < -0.4 is 10.2 Å². The smallest absolute Gasteiger partial charge is 0.266 e. The van der Waals surface area contributed by atoms with Gasteiger partial charge in [0, 0.05) is 26.2 Å². The van der Waals surface area contributed by atoms with Crippen molar-refractivity contribution >= 4 is 5.95 Å². The summed E-state index contributed by atoms with van der Waals surface area (Å²) in [5.74, 6) is 1.50. The molecule has 94 valence electrons. The van der Waals surface area contributed by atoms with E-state index in [1.54, 1.807) is 0 Å². The summed E-state index contributed by atoms with van der Waals surface area (Å²) in [6.07, 6.45) is 2.29. The van der Waals surface area contributed by atoms with Gasteiger partial charge in [0.2, 0.25) is 5.89 Å². The van der Waals surface area contributed by atoms with Gasteiger partial charge in [0.1, 0.15) is 0 Å². The van der Waals surface area contributed by atoms with Gasteiger partial charge in [-0.15, -0.1) is 0 Å². The van der Waals surface area contributed by atoms with E-state index in [-0.39, 0.29) is 6.04 Å². The van der Waals surface area contributed by atoms with Crippen molar-refractivity contribution in [2.24, 2.45) is 0 Å². The lowest BCUT2D eigenvalue weighted by Crippen LogP contribution is -2.44. The van der Waals surface area contributed by atoms with E-state index < -0.39 is 0 Å². The number of nitrogens with zero attached hydrogens (tertiary/aromatic N) is 4. The molecular formula is C11H19N5O. The van der Waals surface area contributed by atoms with Crippen LogP contribution in [0.15, 0.2) is 4.52 Å². The monoisotopic (exact) mass is 237 g/mol. The average molecular weight is 237 g/mol. The van der Waals surface area contributed by atoms with E-state index in [0.717, 1.165) is 51.0 Å². The van der Waals surface area contributed by atoms with Crippen LogP contribution in [-0.4, -0.2) is 54.8 Å². The van der Waals surface area contributed by atoms with Crippen LogP contribution in [0.5, 0.6) is 0 Å². The maximum Gasteiger partial charge on any atom is 0.266 e. The average Bonchev–Trinajstić information content (AvgIpc) is 3.00. The normalized spacial score (nSPS) is 26.6. The summed E-state index contributed by atoms with van der Waals surface area (Å²) in [4.78, 5) is 9.02. The number of rotatable bonds is 2. The molecule has 1 aromatic rings. The van der Waals surface area contributed by atoms with Gasteiger partial charge in [-0.2, -0.15) is 4.98 Å². The van der Waals surface area contributed by atoms with Crippen LogP contribution in [0.2, 0.25) is 0 Å². The molecule has 2 aliphatic heterocycles. The summed E-state index contributed by atoms with van der Waals surface area (Å²) in [6, 6.07) is 0.267. The molecule has 1 aromatic heterocycles. The number of piperazine rings is 1.